The second kappa shape index (κ2) is 18.4. The minimum atomic E-state index is 0.714. The Labute approximate surface area is 257 Å². The van der Waals surface area contributed by atoms with Gasteiger partial charge in [-0.1, -0.05) is 104 Å². The molecule has 6 heteroatoms. The number of benzene rings is 2. The summed E-state index contributed by atoms with van der Waals surface area (Å²) in [5.41, 5.74) is 3.56. The van der Waals surface area contributed by atoms with Gasteiger partial charge in [-0.05, 0) is 70.2 Å². The molecular weight excluding hydrogens is 698 g/mol. The van der Waals surface area contributed by atoms with Gasteiger partial charge in [-0.3, -0.25) is 0 Å². The van der Waals surface area contributed by atoms with Gasteiger partial charge in [-0.15, -0.1) is 0 Å². The fourth-order valence-corrected chi connectivity index (χ4v) is 5.65. The first-order valence-corrected chi connectivity index (χ1v) is 17.1. The largest absolute Gasteiger partial charge is 0.490 e. The van der Waals surface area contributed by atoms with Crippen molar-refractivity contribution in [2.45, 2.75) is 117 Å². The van der Waals surface area contributed by atoms with Crippen molar-refractivity contribution in [2.24, 2.45) is 0 Å². The molecular formula is C32H46I2N2O2. The van der Waals surface area contributed by atoms with E-state index in [1.807, 2.05) is 12.1 Å². The van der Waals surface area contributed by atoms with Gasteiger partial charge in [0.15, 0.2) is 11.5 Å². The van der Waals surface area contributed by atoms with Crippen molar-refractivity contribution in [3.63, 3.8) is 0 Å². The van der Waals surface area contributed by atoms with Gasteiger partial charge in [0.05, 0.1) is 35.3 Å². The van der Waals surface area contributed by atoms with Gasteiger partial charge in [0, 0.05) is 19.3 Å². The van der Waals surface area contributed by atoms with Crippen LogP contribution in [0.15, 0.2) is 24.3 Å². The van der Waals surface area contributed by atoms with Gasteiger partial charge >= 0.3 is 0 Å². The zero-order valence-electron chi connectivity index (χ0n) is 23.5. The fourth-order valence-electron chi connectivity index (χ4n) is 4.74. The summed E-state index contributed by atoms with van der Waals surface area (Å²) in [7, 11) is 0. The average molecular weight is 745 g/mol. The Morgan fingerprint density at radius 3 is 1.16 bits per heavy atom. The third-order valence-corrected chi connectivity index (χ3v) is 9.87. The van der Waals surface area contributed by atoms with Crippen LogP contribution in [0.3, 0.4) is 0 Å². The van der Waals surface area contributed by atoms with Crippen molar-refractivity contribution in [1.82, 2.24) is 9.97 Å². The van der Waals surface area contributed by atoms with Crippen molar-refractivity contribution >= 4 is 67.2 Å². The number of aromatic nitrogens is 2. The minimum Gasteiger partial charge on any atom is -0.490 e. The molecule has 0 saturated carbocycles. The summed E-state index contributed by atoms with van der Waals surface area (Å²) in [5.74, 6) is 1.60. The smallest absolute Gasteiger partial charge is 0.163 e. The normalized spacial score (nSPS) is 11.5. The summed E-state index contributed by atoms with van der Waals surface area (Å²) in [5, 5.41) is 0. The van der Waals surface area contributed by atoms with Gasteiger partial charge in [-0.25, -0.2) is 9.97 Å². The molecule has 210 valence electrons. The zero-order valence-corrected chi connectivity index (χ0v) is 27.8. The van der Waals surface area contributed by atoms with Crippen LogP contribution in [0.25, 0.3) is 22.1 Å². The summed E-state index contributed by atoms with van der Waals surface area (Å²) in [4.78, 5) is 9.84. The molecule has 0 bridgehead atoms. The topological polar surface area (TPSA) is 44.2 Å². The van der Waals surface area contributed by atoms with Crippen LogP contribution < -0.4 is 9.47 Å². The van der Waals surface area contributed by atoms with E-state index in [4.69, 9.17) is 19.4 Å². The van der Waals surface area contributed by atoms with Gasteiger partial charge in [0.25, 0.3) is 0 Å². The molecule has 1 aromatic heterocycles. The number of fused-ring (bicyclic) bond motifs is 2. The van der Waals surface area contributed by atoms with E-state index < -0.39 is 0 Å². The Bertz CT molecular complexity index is 1020. The molecule has 0 saturated heterocycles. The van der Waals surface area contributed by atoms with Gasteiger partial charge in [0.1, 0.15) is 0 Å². The van der Waals surface area contributed by atoms with Crippen LogP contribution in [-0.4, -0.2) is 23.2 Å². The predicted octanol–water partition coefficient (Wildman–Crippen LogP) is 11.0. The standard InChI is InChI=1S/C32H46I2N2O2/c1-3-5-7-9-11-13-15-17-19-37-31-23-29-30(36-28-22-26(34)25(33)21-27(28)35-29)24-32(31)38-20-18-16-14-12-10-8-6-4-2/h21-24H,3-20H2,1-2H3. The molecule has 3 rings (SSSR count). The maximum Gasteiger partial charge on any atom is 0.163 e. The minimum absolute atomic E-state index is 0.714. The molecule has 3 aromatic rings. The van der Waals surface area contributed by atoms with Crippen LogP contribution in [0, 0.1) is 7.14 Å². The first-order valence-electron chi connectivity index (χ1n) is 15.0. The molecule has 0 atom stereocenters. The van der Waals surface area contributed by atoms with Gasteiger partial charge < -0.3 is 9.47 Å². The maximum absolute atomic E-state index is 6.28. The lowest BCUT2D eigenvalue weighted by atomic mass is 10.1. The van der Waals surface area contributed by atoms with Crippen LogP contribution in [0.2, 0.25) is 0 Å². The molecule has 0 N–H and O–H groups in total. The van der Waals surface area contributed by atoms with E-state index in [2.05, 4.69) is 71.2 Å². The molecule has 4 nitrogen and oxygen atoms in total. The Morgan fingerprint density at radius 2 is 0.789 bits per heavy atom. The van der Waals surface area contributed by atoms with E-state index in [9.17, 15) is 0 Å². The van der Waals surface area contributed by atoms with E-state index in [1.165, 1.54) is 97.0 Å². The van der Waals surface area contributed by atoms with Crippen LogP contribution in [0.5, 0.6) is 11.5 Å². The number of unbranched alkanes of at least 4 members (excludes halogenated alkanes) is 14. The highest BCUT2D eigenvalue weighted by atomic mass is 127. The van der Waals surface area contributed by atoms with Gasteiger partial charge in [0.2, 0.25) is 0 Å². The highest BCUT2D eigenvalue weighted by Gasteiger charge is 2.12. The maximum atomic E-state index is 6.28. The molecule has 0 aliphatic heterocycles. The fraction of sp³-hybridized carbons (Fsp3) is 0.625. The van der Waals surface area contributed by atoms with Crippen molar-refractivity contribution in [2.75, 3.05) is 13.2 Å². The van der Waals surface area contributed by atoms with E-state index in [0.717, 1.165) is 46.4 Å². The van der Waals surface area contributed by atoms with E-state index in [0.29, 0.717) is 13.2 Å². The molecule has 38 heavy (non-hydrogen) atoms. The third-order valence-electron chi connectivity index (χ3n) is 7.05. The van der Waals surface area contributed by atoms with Crippen molar-refractivity contribution in [3.05, 3.63) is 31.4 Å². The second-order valence-corrected chi connectivity index (χ2v) is 12.7. The number of ether oxygens (including phenoxy) is 2. The third kappa shape index (κ3) is 10.9. The summed E-state index contributed by atoms with van der Waals surface area (Å²) in [6, 6.07) is 8.27. The summed E-state index contributed by atoms with van der Waals surface area (Å²) < 4.78 is 15.0. The Morgan fingerprint density at radius 1 is 0.474 bits per heavy atom. The Balaban J connectivity index is 1.60. The molecule has 0 amide bonds. The van der Waals surface area contributed by atoms with Gasteiger partial charge in [-0.2, -0.15) is 0 Å². The molecule has 0 aliphatic carbocycles. The van der Waals surface area contributed by atoms with Crippen LogP contribution in [0.4, 0.5) is 0 Å². The second-order valence-electron chi connectivity index (χ2n) is 10.4. The van der Waals surface area contributed by atoms with Crippen LogP contribution >= 0.6 is 45.2 Å². The zero-order chi connectivity index (χ0) is 27.0. The Kier molecular flexibility index (Phi) is 15.4. The van der Waals surface area contributed by atoms with E-state index >= 15 is 0 Å². The number of hydrogen-bond donors (Lipinski definition) is 0. The van der Waals surface area contributed by atoms with Crippen LogP contribution in [0.1, 0.15) is 117 Å². The molecule has 0 aliphatic rings. The quantitative estimate of drug-likeness (QED) is 0.0657. The average Bonchev–Trinajstić information content (AvgIpc) is 2.91. The Hall–Kier alpha value is -0.900. The lowest BCUT2D eigenvalue weighted by Gasteiger charge is -2.14. The number of hydrogen-bond acceptors (Lipinski definition) is 4. The highest BCUT2D eigenvalue weighted by Crippen LogP contribution is 2.33. The van der Waals surface area contributed by atoms with Crippen molar-refractivity contribution in [3.8, 4) is 11.5 Å². The van der Waals surface area contributed by atoms with Crippen LogP contribution in [-0.2, 0) is 0 Å². The lowest BCUT2D eigenvalue weighted by Crippen LogP contribution is -2.04. The van der Waals surface area contributed by atoms with Crippen molar-refractivity contribution in [1.29, 1.82) is 0 Å². The highest BCUT2D eigenvalue weighted by molar-refractivity contribution is 14.1. The predicted molar refractivity (Wildman–Crippen MR) is 179 cm³/mol. The first kappa shape index (κ1) is 31.6. The summed E-state index contributed by atoms with van der Waals surface area (Å²) >= 11 is 4.72. The number of halogens is 2. The molecule has 0 unspecified atom stereocenters. The van der Waals surface area contributed by atoms with E-state index in [1.54, 1.807) is 0 Å². The lowest BCUT2D eigenvalue weighted by molar-refractivity contribution is 0.259. The van der Waals surface area contributed by atoms with E-state index in [-0.39, 0.29) is 0 Å². The molecule has 0 fully saturated rings. The van der Waals surface area contributed by atoms with Crippen molar-refractivity contribution < 1.29 is 9.47 Å². The summed E-state index contributed by atoms with van der Waals surface area (Å²) in [6.45, 7) is 5.97. The molecule has 2 aromatic carbocycles. The number of nitrogens with zero attached hydrogens (tertiary/aromatic N) is 2. The molecule has 0 spiro atoms. The first-order chi connectivity index (χ1) is 18.6. The monoisotopic (exact) mass is 744 g/mol. The molecule has 1 heterocycles. The number of rotatable bonds is 20. The summed E-state index contributed by atoms with van der Waals surface area (Å²) in [6.07, 6.45) is 20.7. The SMILES string of the molecule is CCCCCCCCCCOc1cc2nc3cc(I)c(I)cc3nc2cc1OCCCCCCCCCC. The molecule has 0 radical (unpaired) electrons.